The quantitative estimate of drug-likeness (QED) is 0.668. The second-order valence-corrected chi connectivity index (χ2v) is 5.46. The van der Waals surface area contributed by atoms with Gasteiger partial charge in [-0.05, 0) is 24.8 Å². The molecule has 1 saturated carbocycles. The van der Waals surface area contributed by atoms with Gasteiger partial charge in [-0.15, -0.1) is 0 Å². The van der Waals surface area contributed by atoms with Gasteiger partial charge in [0, 0.05) is 12.1 Å². The highest BCUT2D eigenvalue weighted by molar-refractivity contribution is 5.95. The number of β-amino-alcohol motifs (C(OH)–C–C–N with tert-alkyl or cyclic N) is 1. The van der Waals surface area contributed by atoms with E-state index in [0.29, 0.717) is 0 Å². The molecule has 1 aliphatic heterocycles. The van der Waals surface area contributed by atoms with Crippen molar-refractivity contribution in [2.24, 2.45) is 5.92 Å². The molecule has 6 nitrogen and oxygen atoms in total. The van der Waals surface area contributed by atoms with Crippen LogP contribution in [0.15, 0.2) is 18.2 Å². The first-order valence-corrected chi connectivity index (χ1v) is 6.36. The molecule has 1 amide bonds. The number of benzene rings is 1. The lowest BCUT2D eigenvalue weighted by Crippen LogP contribution is -2.64. The molecular weight excluding hydrogens is 267 g/mol. The van der Waals surface area contributed by atoms with Gasteiger partial charge in [0.25, 0.3) is 11.6 Å². The van der Waals surface area contributed by atoms with Crippen molar-refractivity contribution in [3.8, 4) is 0 Å². The number of nitro benzene ring substituents is 1. The lowest BCUT2D eigenvalue weighted by molar-refractivity contribution is -0.384. The van der Waals surface area contributed by atoms with Gasteiger partial charge in [-0.3, -0.25) is 14.9 Å². The molecule has 1 aromatic rings. The third-order valence-electron chi connectivity index (χ3n) is 3.94. The van der Waals surface area contributed by atoms with E-state index in [4.69, 9.17) is 0 Å². The summed E-state index contributed by atoms with van der Waals surface area (Å²) < 4.78 is 13.6. The number of aliphatic hydroxyl groups is 1. The predicted molar refractivity (Wildman–Crippen MR) is 66.6 cm³/mol. The van der Waals surface area contributed by atoms with Crippen molar-refractivity contribution in [3.05, 3.63) is 39.7 Å². The Labute approximate surface area is 114 Å². The number of carbonyl (C=O) groups excluding carboxylic acids is 1. The maximum absolute atomic E-state index is 13.6. The zero-order valence-corrected chi connectivity index (χ0v) is 10.6. The summed E-state index contributed by atoms with van der Waals surface area (Å²) in [5.74, 6) is -1.18. The molecule has 1 heterocycles. The van der Waals surface area contributed by atoms with Gasteiger partial charge >= 0.3 is 0 Å². The minimum atomic E-state index is -0.854. The minimum Gasteiger partial charge on any atom is -0.386 e. The van der Waals surface area contributed by atoms with Crippen molar-refractivity contribution in [1.29, 1.82) is 0 Å². The van der Waals surface area contributed by atoms with Gasteiger partial charge in [0.05, 0.1) is 23.6 Å². The largest absolute Gasteiger partial charge is 0.386 e. The van der Waals surface area contributed by atoms with Crippen molar-refractivity contribution in [3.63, 3.8) is 0 Å². The van der Waals surface area contributed by atoms with E-state index in [-0.39, 0.29) is 30.3 Å². The van der Waals surface area contributed by atoms with Crippen LogP contribution in [0.25, 0.3) is 0 Å². The first-order chi connectivity index (χ1) is 9.40. The van der Waals surface area contributed by atoms with E-state index in [9.17, 15) is 24.4 Å². The molecule has 0 radical (unpaired) electrons. The highest BCUT2D eigenvalue weighted by Gasteiger charge is 2.53. The molecule has 1 aromatic carbocycles. The van der Waals surface area contributed by atoms with Crippen LogP contribution >= 0.6 is 0 Å². The Morgan fingerprint density at radius 2 is 2.10 bits per heavy atom. The van der Waals surface area contributed by atoms with Crippen molar-refractivity contribution in [2.45, 2.75) is 18.4 Å². The van der Waals surface area contributed by atoms with Gasteiger partial charge in [0.15, 0.2) is 0 Å². The van der Waals surface area contributed by atoms with Crippen LogP contribution in [0.5, 0.6) is 0 Å². The number of nitrogens with zero attached hydrogens (tertiary/aromatic N) is 2. The average molecular weight is 280 g/mol. The van der Waals surface area contributed by atoms with E-state index >= 15 is 0 Å². The van der Waals surface area contributed by atoms with Crippen molar-refractivity contribution in [2.75, 3.05) is 13.1 Å². The van der Waals surface area contributed by atoms with Crippen LogP contribution in [0.3, 0.4) is 0 Å². The fourth-order valence-corrected chi connectivity index (χ4v) is 2.60. The molecule has 0 atom stereocenters. The fourth-order valence-electron chi connectivity index (χ4n) is 2.60. The monoisotopic (exact) mass is 280 g/mol. The molecule has 2 aliphatic rings. The van der Waals surface area contributed by atoms with E-state index in [0.717, 1.165) is 31.0 Å². The third kappa shape index (κ3) is 2.03. The van der Waals surface area contributed by atoms with Crippen LogP contribution in [0.4, 0.5) is 10.1 Å². The van der Waals surface area contributed by atoms with Crippen LogP contribution in [0.2, 0.25) is 0 Å². The Morgan fingerprint density at radius 1 is 1.45 bits per heavy atom. The minimum absolute atomic E-state index is 0.165. The van der Waals surface area contributed by atoms with Gasteiger partial charge in [-0.1, -0.05) is 0 Å². The van der Waals surface area contributed by atoms with Gasteiger partial charge in [0.1, 0.15) is 11.4 Å². The molecule has 3 rings (SSSR count). The normalized spacial score (nSPS) is 20.4. The predicted octanol–water partition coefficient (Wildman–Crippen LogP) is 1.33. The topological polar surface area (TPSA) is 83.7 Å². The lowest BCUT2D eigenvalue weighted by atomic mass is 9.88. The molecule has 20 heavy (non-hydrogen) atoms. The first kappa shape index (κ1) is 13.0. The number of hydrogen-bond acceptors (Lipinski definition) is 4. The van der Waals surface area contributed by atoms with Gasteiger partial charge in [-0.2, -0.15) is 0 Å². The van der Waals surface area contributed by atoms with Crippen LogP contribution in [0, 0.1) is 21.8 Å². The number of carbonyl (C=O) groups is 1. The molecule has 7 heteroatoms. The standard InChI is InChI=1S/C13H13FN2O4/c14-11-4-3-9(16(19)20)5-10(11)12(17)15-6-13(18,7-15)8-1-2-8/h3-5,8,18H,1-2,6-7H2. The van der Waals surface area contributed by atoms with Crippen LogP contribution in [-0.4, -0.2) is 39.5 Å². The molecule has 2 fully saturated rings. The van der Waals surface area contributed by atoms with E-state index in [1.807, 2.05) is 0 Å². The first-order valence-electron chi connectivity index (χ1n) is 6.36. The highest BCUT2D eigenvalue weighted by atomic mass is 19.1. The van der Waals surface area contributed by atoms with Gasteiger partial charge < -0.3 is 10.0 Å². The number of amides is 1. The van der Waals surface area contributed by atoms with E-state index in [1.54, 1.807) is 0 Å². The van der Waals surface area contributed by atoms with Crippen molar-refractivity contribution < 1.29 is 19.2 Å². The number of likely N-dealkylation sites (tertiary alicyclic amines) is 1. The summed E-state index contributed by atoms with van der Waals surface area (Å²) >= 11 is 0. The highest BCUT2D eigenvalue weighted by Crippen LogP contribution is 2.44. The number of nitro groups is 1. The maximum Gasteiger partial charge on any atom is 0.270 e. The molecule has 0 spiro atoms. The van der Waals surface area contributed by atoms with E-state index < -0.39 is 22.2 Å². The van der Waals surface area contributed by atoms with E-state index in [1.165, 1.54) is 4.90 Å². The van der Waals surface area contributed by atoms with Gasteiger partial charge in [0.2, 0.25) is 0 Å². The summed E-state index contributed by atoms with van der Waals surface area (Å²) in [7, 11) is 0. The third-order valence-corrected chi connectivity index (χ3v) is 3.94. The zero-order valence-electron chi connectivity index (χ0n) is 10.6. The van der Waals surface area contributed by atoms with Crippen molar-refractivity contribution >= 4 is 11.6 Å². The molecule has 1 N–H and O–H groups in total. The van der Waals surface area contributed by atoms with Crippen LogP contribution < -0.4 is 0 Å². The lowest BCUT2D eigenvalue weighted by Gasteiger charge is -2.47. The van der Waals surface area contributed by atoms with Crippen LogP contribution in [-0.2, 0) is 0 Å². The molecule has 106 valence electrons. The number of hydrogen-bond donors (Lipinski definition) is 1. The van der Waals surface area contributed by atoms with E-state index in [2.05, 4.69) is 0 Å². The Hall–Kier alpha value is -2.02. The Morgan fingerprint density at radius 3 is 2.65 bits per heavy atom. The number of non-ortho nitro benzene ring substituents is 1. The number of halogens is 1. The molecule has 1 saturated heterocycles. The Balaban J connectivity index is 1.78. The zero-order chi connectivity index (χ0) is 14.5. The second-order valence-electron chi connectivity index (χ2n) is 5.46. The molecule has 0 bridgehead atoms. The molecular formula is C13H13FN2O4. The summed E-state index contributed by atoms with van der Waals surface area (Å²) in [6.07, 6.45) is 1.90. The summed E-state index contributed by atoms with van der Waals surface area (Å²) in [5, 5.41) is 20.8. The second kappa shape index (κ2) is 4.24. The summed E-state index contributed by atoms with van der Waals surface area (Å²) in [6.45, 7) is 0.331. The maximum atomic E-state index is 13.6. The SMILES string of the molecule is O=C(c1cc([N+](=O)[O-])ccc1F)N1CC(O)(C2CC2)C1. The van der Waals surface area contributed by atoms with Crippen molar-refractivity contribution in [1.82, 2.24) is 4.90 Å². The Kier molecular flexibility index (Phi) is 2.75. The smallest absolute Gasteiger partial charge is 0.270 e. The number of rotatable bonds is 3. The molecule has 0 aromatic heterocycles. The summed E-state index contributed by atoms with van der Waals surface area (Å²) in [4.78, 5) is 23.4. The summed E-state index contributed by atoms with van der Waals surface area (Å²) in [5.41, 5.74) is -1.50. The molecule has 1 aliphatic carbocycles. The van der Waals surface area contributed by atoms with Gasteiger partial charge in [-0.25, -0.2) is 4.39 Å². The Bertz CT molecular complexity index is 594. The average Bonchev–Trinajstić information content (AvgIpc) is 3.19. The molecule has 0 unspecified atom stereocenters. The summed E-state index contributed by atoms with van der Waals surface area (Å²) in [6, 6.07) is 2.87. The fraction of sp³-hybridized carbons (Fsp3) is 0.462. The van der Waals surface area contributed by atoms with Crippen LogP contribution in [0.1, 0.15) is 23.2 Å².